The number of aliphatic hydroxyl groups excluding tert-OH is 1. The van der Waals surface area contributed by atoms with Crippen LogP contribution in [0.4, 0.5) is 0 Å². The van der Waals surface area contributed by atoms with Crippen molar-refractivity contribution < 1.29 is 78.0 Å². The van der Waals surface area contributed by atoms with E-state index in [0.717, 1.165) is 4.90 Å². The molecule has 0 bridgehead atoms. The third kappa shape index (κ3) is 22.8. The molecule has 94 heavy (non-hydrogen) atoms. The number of para-hydroxylation sites is 1. The van der Waals surface area contributed by atoms with E-state index >= 15 is 4.79 Å². The monoisotopic (exact) mass is 1350 g/mol. The number of hydrogen-bond donors (Lipinski definition) is 18. The maximum Gasteiger partial charge on any atom is 0.326 e. The number of fused-ring (bicyclic) bond motifs is 1. The molecule has 4 aromatic rings. The molecule has 1 fully saturated rings. The highest BCUT2D eigenvalue weighted by molar-refractivity contribution is 7.80. The summed E-state index contributed by atoms with van der Waals surface area (Å²) in [5.74, 6) is -12.4. The average molecular weight is 1350 g/mol. The van der Waals surface area contributed by atoms with Crippen LogP contribution in [0.25, 0.3) is 10.9 Å². The first-order valence-electron chi connectivity index (χ1n) is 30.9. The summed E-state index contributed by atoms with van der Waals surface area (Å²) in [5, 5.41) is 63.4. The zero-order chi connectivity index (χ0) is 69.3. The third-order valence-electron chi connectivity index (χ3n) is 15.7. The van der Waals surface area contributed by atoms with Gasteiger partial charge in [0, 0.05) is 60.8 Å². The first kappa shape index (κ1) is 75.9. The highest BCUT2D eigenvalue weighted by atomic mass is 32.1. The van der Waals surface area contributed by atoms with Gasteiger partial charge in [-0.15, -0.1) is 0 Å². The van der Waals surface area contributed by atoms with Crippen LogP contribution >= 0.6 is 25.3 Å². The minimum atomic E-state index is -1.56. The van der Waals surface area contributed by atoms with E-state index < -0.39 is 156 Å². The second-order valence-electron chi connectivity index (χ2n) is 23.4. The number of amides is 10. The van der Waals surface area contributed by atoms with E-state index in [1.807, 2.05) is 0 Å². The number of aliphatic carboxylic acids is 2. The summed E-state index contributed by atoms with van der Waals surface area (Å²) in [6.07, 6.45) is 0.0779. The van der Waals surface area contributed by atoms with Crippen molar-refractivity contribution in [3.05, 3.63) is 102 Å². The van der Waals surface area contributed by atoms with E-state index in [1.54, 1.807) is 74.6 Å². The lowest BCUT2D eigenvalue weighted by atomic mass is 10.0. The lowest BCUT2D eigenvalue weighted by Crippen LogP contribution is -2.61. The van der Waals surface area contributed by atoms with Crippen LogP contribution in [0.2, 0.25) is 0 Å². The predicted molar refractivity (Wildman–Crippen MR) is 351 cm³/mol. The maximum atomic E-state index is 15.0. The first-order chi connectivity index (χ1) is 44.7. The zero-order valence-electron chi connectivity index (χ0n) is 52.7. The van der Waals surface area contributed by atoms with Crippen molar-refractivity contribution in [3.8, 4) is 5.75 Å². The van der Waals surface area contributed by atoms with E-state index in [2.05, 4.69) is 78.1 Å². The number of carboxylic acid groups (broad SMARTS) is 2. The van der Waals surface area contributed by atoms with Crippen LogP contribution in [0, 0.1) is 5.92 Å². The number of nitrogens with two attached hydrogens (primary N) is 2. The largest absolute Gasteiger partial charge is 0.508 e. The van der Waals surface area contributed by atoms with Crippen molar-refractivity contribution in [2.75, 3.05) is 24.6 Å². The predicted octanol–water partition coefficient (Wildman–Crippen LogP) is -1.42. The molecule has 5 rings (SSSR count). The van der Waals surface area contributed by atoms with Gasteiger partial charge in [0.1, 0.15) is 66.2 Å². The molecule has 1 saturated heterocycles. The molecule has 0 radical (unpaired) electrons. The van der Waals surface area contributed by atoms with Crippen LogP contribution in [-0.4, -0.2) is 198 Å². The van der Waals surface area contributed by atoms with Gasteiger partial charge in [-0.25, -0.2) is 4.79 Å². The van der Waals surface area contributed by atoms with Crippen molar-refractivity contribution in [2.45, 2.75) is 164 Å². The molecule has 12 atom stereocenters. The number of H-pyrrole nitrogens is 1. The van der Waals surface area contributed by atoms with Crippen molar-refractivity contribution >= 4 is 107 Å². The number of phenolic OH excluding ortho intramolecular Hbond substituents is 1. The fourth-order valence-electron chi connectivity index (χ4n) is 10.4. The van der Waals surface area contributed by atoms with E-state index in [-0.39, 0.29) is 75.3 Å². The van der Waals surface area contributed by atoms with Crippen LogP contribution in [0.15, 0.2) is 85.1 Å². The third-order valence-corrected chi connectivity index (χ3v) is 16.5. The van der Waals surface area contributed by atoms with Crippen LogP contribution < -0.4 is 59.3 Å². The van der Waals surface area contributed by atoms with Gasteiger partial charge in [0.05, 0.1) is 12.1 Å². The van der Waals surface area contributed by atoms with Crippen molar-refractivity contribution in [3.63, 3.8) is 0 Å². The Balaban J connectivity index is 1.38. The van der Waals surface area contributed by atoms with Crippen LogP contribution in [0.5, 0.6) is 5.75 Å². The molecule has 3 aromatic carbocycles. The topological polar surface area (TPSA) is 465 Å². The number of carbonyl (C=O) groups is 12. The number of phenols is 1. The fraction of sp³-hybridized carbons (Fsp3) is 0.492. The summed E-state index contributed by atoms with van der Waals surface area (Å²) in [7, 11) is 0. The molecular formula is C63H87N13O16S2. The van der Waals surface area contributed by atoms with Gasteiger partial charge in [-0.1, -0.05) is 74.5 Å². The molecule has 2 heterocycles. The number of aromatic nitrogens is 1. The number of nitrogens with one attached hydrogen (secondary N) is 10. The Hall–Kier alpha value is -8.78. The molecule has 1 aromatic heterocycles. The summed E-state index contributed by atoms with van der Waals surface area (Å²) in [5.41, 5.74) is 14.0. The van der Waals surface area contributed by atoms with E-state index in [0.29, 0.717) is 40.4 Å². The smallest absolute Gasteiger partial charge is 0.326 e. The maximum absolute atomic E-state index is 15.0. The highest BCUT2D eigenvalue weighted by Gasteiger charge is 2.41. The standard InChI is InChI=1S/C63H87N13O16S2/c1-33(2)51(63(91)92)74-60(88)48(32-94)73-57(85)45(28-37-19-21-39(78)22-20-37)69-55(83)43(17-10-11-25-64)68-58(86)46(29-38-30-66-42-16-9-8-15-40(38)42)71-56(84)44(27-36-13-6-5-7-14-36)70-59(87)47(31-93)72-53(81)34(3)67-61(89)49-18-12-26-76(49)62(90)52(35(4)77)75-54(82)41(65)23-24-50(79)80/h5-9,13-16,19-22,30,33-35,41,43-49,51-52,66,77-78,93-94H,10-12,17-18,23-29,31-32,64-65H2,1-4H3,(H,67,89)(H,68,86)(H,69,83)(H,70,87)(H,71,84)(H,72,81)(H,73,85)(H,74,88)(H,75,82)(H,79,80)(H,91,92)/t34?,35-,41+,43+,44+,45+,46+,47+,48+,49-,51+,52+/m1/s1. The van der Waals surface area contributed by atoms with Gasteiger partial charge in [-0.3, -0.25) is 52.7 Å². The number of hydrogen-bond acceptors (Lipinski definition) is 18. The molecule has 31 heteroatoms. The molecule has 1 unspecified atom stereocenters. The summed E-state index contributed by atoms with van der Waals surface area (Å²) in [6.45, 7) is 5.97. The number of aliphatic hydroxyl groups is 1. The first-order valence-corrected chi connectivity index (χ1v) is 32.1. The number of nitrogens with zero attached hydrogens (tertiary/aromatic N) is 1. The number of carbonyl (C=O) groups excluding carboxylic acids is 10. The molecule has 1 aliphatic rings. The van der Waals surface area contributed by atoms with Crippen molar-refractivity contribution in [1.29, 1.82) is 0 Å². The van der Waals surface area contributed by atoms with E-state index in [9.17, 15) is 68.1 Å². The molecule has 10 amide bonds. The lowest BCUT2D eigenvalue weighted by Gasteiger charge is -2.31. The zero-order valence-corrected chi connectivity index (χ0v) is 54.5. The number of rotatable bonds is 37. The Morgan fingerprint density at radius 3 is 1.64 bits per heavy atom. The van der Waals surface area contributed by atoms with Gasteiger partial charge in [0.25, 0.3) is 0 Å². The number of thiol groups is 2. The van der Waals surface area contributed by atoms with Gasteiger partial charge < -0.3 is 89.6 Å². The summed E-state index contributed by atoms with van der Waals surface area (Å²) >= 11 is 8.57. The Morgan fingerprint density at radius 2 is 1.09 bits per heavy atom. The number of aromatic hydroxyl groups is 1. The second-order valence-corrected chi connectivity index (χ2v) is 24.1. The number of carboxylic acids is 2. The number of aromatic amines is 1. The minimum Gasteiger partial charge on any atom is -0.508 e. The van der Waals surface area contributed by atoms with E-state index in [4.69, 9.17) is 16.6 Å². The fourth-order valence-corrected chi connectivity index (χ4v) is 10.9. The summed E-state index contributed by atoms with van der Waals surface area (Å²) < 4.78 is 0. The van der Waals surface area contributed by atoms with Gasteiger partial charge in [0.15, 0.2) is 0 Å². The SMILES string of the molecule is CC(NC(=O)[C@H]1CCCN1C(=O)[C@@H](NC(=O)[C@@H](N)CCC(=O)O)[C@@H](C)O)C(=O)N[C@@H](CS)C(=O)N[C@@H](Cc1ccccc1)C(=O)N[C@@H](Cc1c[nH]c2ccccc12)C(=O)N[C@@H](CCCCN)C(=O)N[C@@H](Cc1ccc(O)cc1)C(=O)N[C@@H](CS)C(=O)N[C@H](C(=O)O)C(C)C. The van der Waals surface area contributed by atoms with Gasteiger partial charge in [-0.2, -0.15) is 25.3 Å². The summed E-state index contributed by atoms with van der Waals surface area (Å²) in [6, 6.07) is 6.10. The Kier molecular flexibility index (Phi) is 30.0. The van der Waals surface area contributed by atoms with Gasteiger partial charge >= 0.3 is 11.9 Å². The van der Waals surface area contributed by atoms with Crippen molar-refractivity contribution in [2.24, 2.45) is 17.4 Å². The quantitative estimate of drug-likeness (QED) is 0.0182. The normalized spacial score (nSPS) is 16.4. The van der Waals surface area contributed by atoms with Crippen LogP contribution in [-0.2, 0) is 76.8 Å². The number of benzene rings is 3. The molecule has 512 valence electrons. The average Bonchev–Trinajstić information content (AvgIpc) is 1.62. The summed E-state index contributed by atoms with van der Waals surface area (Å²) in [4.78, 5) is 168. The Bertz CT molecular complexity index is 3280. The van der Waals surface area contributed by atoms with Crippen molar-refractivity contribution in [1.82, 2.24) is 57.7 Å². The molecule has 1 aliphatic heterocycles. The Morgan fingerprint density at radius 1 is 0.585 bits per heavy atom. The second kappa shape index (κ2) is 37.2. The lowest BCUT2D eigenvalue weighted by molar-refractivity contribution is -0.144. The number of unbranched alkanes of at least 4 members (excludes halogenated alkanes) is 1. The highest BCUT2D eigenvalue weighted by Crippen LogP contribution is 2.22. The molecular weight excluding hydrogens is 1260 g/mol. The van der Waals surface area contributed by atoms with Crippen LogP contribution in [0.3, 0.4) is 0 Å². The van der Waals surface area contributed by atoms with Gasteiger partial charge in [-0.05, 0) is 99.7 Å². The molecule has 18 N–H and O–H groups in total. The van der Waals surface area contributed by atoms with Crippen LogP contribution in [0.1, 0.15) is 89.3 Å². The molecule has 0 aliphatic carbocycles. The minimum absolute atomic E-state index is 0.0326. The van der Waals surface area contributed by atoms with E-state index in [1.165, 1.54) is 38.1 Å². The molecule has 0 spiro atoms. The molecule has 0 saturated carbocycles. The van der Waals surface area contributed by atoms with Gasteiger partial charge in [0.2, 0.25) is 59.1 Å². The number of likely N-dealkylation sites (tertiary alicyclic amines) is 1. The Labute approximate surface area is 554 Å². The molecule has 29 nitrogen and oxygen atoms in total.